The Morgan fingerprint density at radius 3 is 2.84 bits per heavy atom. The van der Waals surface area contributed by atoms with Crippen molar-refractivity contribution in [2.75, 3.05) is 20.8 Å². The molecule has 106 valence electrons. The molecule has 1 heterocycles. The van der Waals surface area contributed by atoms with Crippen LogP contribution in [-0.2, 0) is 11.3 Å². The molecule has 1 saturated heterocycles. The van der Waals surface area contributed by atoms with Gasteiger partial charge in [-0.25, -0.2) is 0 Å². The third-order valence-corrected chi connectivity index (χ3v) is 3.56. The summed E-state index contributed by atoms with van der Waals surface area (Å²) in [6.45, 7) is 3.78. The van der Waals surface area contributed by atoms with E-state index in [9.17, 15) is 0 Å². The molecule has 2 unspecified atom stereocenters. The summed E-state index contributed by atoms with van der Waals surface area (Å²) in [6.07, 6.45) is 2.49. The van der Waals surface area contributed by atoms with Crippen LogP contribution >= 0.6 is 0 Å². The van der Waals surface area contributed by atoms with Gasteiger partial charge in [0, 0.05) is 30.8 Å². The second kappa shape index (κ2) is 6.78. The highest BCUT2D eigenvalue weighted by atomic mass is 16.5. The zero-order chi connectivity index (χ0) is 13.7. The van der Waals surface area contributed by atoms with Gasteiger partial charge in [-0.05, 0) is 25.8 Å². The summed E-state index contributed by atoms with van der Waals surface area (Å²) in [5.41, 5.74) is 1.16. The molecule has 0 amide bonds. The van der Waals surface area contributed by atoms with Gasteiger partial charge >= 0.3 is 0 Å². The van der Waals surface area contributed by atoms with Crippen molar-refractivity contribution in [3.8, 4) is 11.5 Å². The number of hydrogen-bond donors (Lipinski definition) is 1. The Kier molecular flexibility index (Phi) is 5.05. The number of benzene rings is 1. The van der Waals surface area contributed by atoms with Crippen molar-refractivity contribution in [2.45, 2.75) is 38.5 Å². The van der Waals surface area contributed by atoms with Gasteiger partial charge in [0.1, 0.15) is 11.5 Å². The maximum Gasteiger partial charge on any atom is 0.127 e. The predicted octanol–water partition coefficient (Wildman–Crippen LogP) is 2.36. The van der Waals surface area contributed by atoms with Crippen LogP contribution in [0.2, 0.25) is 0 Å². The SMILES string of the molecule is COc1ccc(CNC2CCOC(C)C2)c(OC)c1. The fraction of sp³-hybridized carbons (Fsp3) is 0.600. The molecule has 1 aliphatic heterocycles. The summed E-state index contributed by atoms with van der Waals surface area (Å²) >= 11 is 0. The van der Waals surface area contributed by atoms with Crippen LogP contribution in [0.15, 0.2) is 18.2 Å². The maximum absolute atomic E-state index is 5.55. The van der Waals surface area contributed by atoms with E-state index in [-0.39, 0.29) is 0 Å². The van der Waals surface area contributed by atoms with Crippen LogP contribution < -0.4 is 14.8 Å². The van der Waals surface area contributed by atoms with Crippen molar-refractivity contribution in [1.29, 1.82) is 0 Å². The van der Waals surface area contributed by atoms with Crippen molar-refractivity contribution < 1.29 is 14.2 Å². The van der Waals surface area contributed by atoms with Crippen LogP contribution in [0.5, 0.6) is 11.5 Å². The Labute approximate surface area is 115 Å². The van der Waals surface area contributed by atoms with Crippen molar-refractivity contribution in [3.63, 3.8) is 0 Å². The lowest BCUT2D eigenvalue weighted by Crippen LogP contribution is -2.37. The molecule has 1 fully saturated rings. The van der Waals surface area contributed by atoms with Crippen LogP contribution in [0.3, 0.4) is 0 Å². The molecule has 0 aliphatic carbocycles. The minimum atomic E-state index is 0.351. The highest BCUT2D eigenvalue weighted by Gasteiger charge is 2.19. The number of methoxy groups -OCH3 is 2. The molecule has 1 aromatic rings. The molecule has 0 radical (unpaired) electrons. The number of ether oxygens (including phenoxy) is 3. The Hall–Kier alpha value is -1.26. The minimum absolute atomic E-state index is 0.351. The van der Waals surface area contributed by atoms with Crippen molar-refractivity contribution in [3.05, 3.63) is 23.8 Å². The van der Waals surface area contributed by atoms with Crippen LogP contribution in [0.1, 0.15) is 25.3 Å². The van der Waals surface area contributed by atoms with Gasteiger partial charge in [-0.3, -0.25) is 0 Å². The van der Waals surface area contributed by atoms with Crippen LogP contribution in [0.4, 0.5) is 0 Å². The van der Waals surface area contributed by atoms with E-state index in [1.54, 1.807) is 14.2 Å². The van der Waals surface area contributed by atoms with E-state index in [0.717, 1.165) is 43.1 Å². The first-order chi connectivity index (χ1) is 9.22. The summed E-state index contributed by atoms with van der Waals surface area (Å²) < 4.78 is 16.2. The van der Waals surface area contributed by atoms with Gasteiger partial charge in [0.15, 0.2) is 0 Å². The second-order valence-electron chi connectivity index (χ2n) is 4.96. The van der Waals surface area contributed by atoms with E-state index in [1.807, 2.05) is 18.2 Å². The molecule has 0 spiro atoms. The van der Waals surface area contributed by atoms with E-state index in [2.05, 4.69) is 12.2 Å². The van der Waals surface area contributed by atoms with Gasteiger partial charge in [0.25, 0.3) is 0 Å². The Bertz CT molecular complexity index is 408. The Balaban J connectivity index is 1.95. The molecule has 0 aromatic heterocycles. The van der Waals surface area contributed by atoms with Gasteiger partial charge in [-0.1, -0.05) is 6.07 Å². The first-order valence-electron chi connectivity index (χ1n) is 6.79. The molecule has 1 aromatic carbocycles. The van der Waals surface area contributed by atoms with Crippen molar-refractivity contribution >= 4 is 0 Å². The fourth-order valence-corrected chi connectivity index (χ4v) is 2.44. The fourth-order valence-electron chi connectivity index (χ4n) is 2.44. The van der Waals surface area contributed by atoms with Crippen LogP contribution in [0, 0.1) is 0 Å². The molecular weight excluding hydrogens is 242 g/mol. The summed E-state index contributed by atoms with van der Waals surface area (Å²) in [5.74, 6) is 1.69. The number of nitrogens with one attached hydrogen (secondary N) is 1. The monoisotopic (exact) mass is 265 g/mol. The molecule has 2 atom stereocenters. The lowest BCUT2D eigenvalue weighted by molar-refractivity contribution is 0.0130. The van der Waals surface area contributed by atoms with Gasteiger partial charge in [0.2, 0.25) is 0 Å². The molecule has 2 rings (SSSR count). The zero-order valence-corrected chi connectivity index (χ0v) is 11.9. The third kappa shape index (κ3) is 3.85. The summed E-state index contributed by atoms with van der Waals surface area (Å²) in [5, 5.41) is 3.58. The average Bonchev–Trinajstić information content (AvgIpc) is 2.45. The van der Waals surface area contributed by atoms with E-state index >= 15 is 0 Å². The lowest BCUT2D eigenvalue weighted by atomic mass is 10.0. The molecule has 4 nitrogen and oxygen atoms in total. The van der Waals surface area contributed by atoms with Gasteiger partial charge in [-0.15, -0.1) is 0 Å². The molecule has 0 bridgehead atoms. The molecule has 1 N–H and O–H groups in total. The zero-order valence-electron chi connectivity index (χ0n) is 11.9. The van der Waals surface area contributed by atoms with Crippen LogP contribution in [-0.4, -0.2) is 33.0 Å². The van der Waals surface area contributed by atoms with Crippen molar-refractivity contribution in [1.82, 2.24) is 5.32 Å². The number of rotatable bonds is 5. The highest BCUT2D eigenvalue weighted by Crippen LogP contribution is 2.25. The Morgan fingerprint density at radius 2 is 2.16 bits per heavy atom. The molecule has 19 heavy (non-hydrogen) atoms. The van der Waals surface area contributed by atoms with E-state index in [4.69, 9.17) is 14.2 Å². The standard InChI is InChI=1S/C15H23NO3/c1-11-8-13(6-7-19-11)16-10-12-4-5-14(17-2)9-15(12)18-3/h4-5,9,11,13,16H,6-8,10H2,1-3H3. The topological polar surface area (TPSA) is 39.7 Å². The van der Waals surface area contributed by atoms with E-state index in [1.165, 1.54) is 0 Å². The molecule has 1 aliphatic rings. The minimum Gasteiger partial charge on any atom is -0.497 e. The third-order valence-electron chi connectivity index (χ3n) is 3.56. The maximum atomic E-state index is 5.55. The van der Waals surface area contributed by atoms with Crippen molar-refractivity contribution in [2.24, 2.45) is 0 Å². The molecular formula is C15H23NO3. The first-order valence-corrected chi connectivity index (χ1v) is 6.79. The normalized spacial score (nSPS) is 23.1. The summed E-state index contributed by atoms with van der Waals surface area (Å²) in [7, 11) is 3.35. The summed E-state index contributed by atoms with van der Waals surface area (Å²) in [4.78, 5) is 0. The predicted molar refractivity (Wildman–Crippen MR) is 74.8 cm³/mol. The first kappa shape index (κ1) is 14.2. The lowest BCUT2D eigenvalue weighted by Gasteiger charge is -2.28. The van der Waals surface area contributed by atoms with Crippen LogP contribution in [0.25, 0.3) is 0 Å². The van der Waals surface area contributed by atoms with E-state index < -0.39 is 0 Å². The summed E-state index contributed by atoms with van der Waals surface area (Å²) in [6, 6.07) is 6.46. The molecule has 0 saturated carbocycles. The number of hydrogen-bond acceptors (Lipinski definition) is 4. The average molecular weight is 265 g/mol. The van der Waals surface area contributed by atoms with E-state index in [0.29, 0.717) is 12.1 Å². The largest absolute Gasteiger partial charge is 0.497 e. The Morgan fingerprint density at radius 1 is 1.32 bits per heavy atom. The highest BCUT2D eigenvalue weighted by molar-refractivity contribution is 5.40. The van der Waals surface area contributed by atoms with Gasteiger partial charge < -0.3 is 19.5 Å². The quantitative estimate of drug-likeness (QED) is 0.887. The second-order valence-corrected chi connectivity index (χ2v) is 4.96. The molecule has 4 heteroatoms. The van der Waals surface area contributed by atoms with Gasteiger partial charge in [-0.2, -0.15) is 0 Å². The van der Waals surface area contributed by atoms with Gasteiger partial charge in [0.05, 0.1) is 20.3 Å². The smallest absolute Gasteiger partial charge is 0.127 e.